The van der Waals surface area contributed by atoms with Gasteiger partial charge in [-0.15, -0.1) is 11.3 Å². The van der Waals surface area contributed by atoms with Crippen LogP contribution in [0.4, 0.5) is 5.00 Å². The van der Waals surface area contributed by atoms with Gasteiger partial charge in [0, 0.05) is 4.88 Å². The SMILES string of the molecule is COC(=O)c1c(NC(=O)COC(=O)[C@@H](CC(C)C)N2C(=O)c3ccccc3C2=O)sc2c1CC[C@@H](C)C2. The zero-order valence-electron chi connectivity index (χ0n) is 21.3. The molecule has 2 atom stereocenters. The Morgan fingerprint density at radius 3 is 2.38 bits per heavy atom. The lowest BCUT2D eigenvalue weighted by Gasteiger charge is -2.25. The van der Waals surface area contributed by atoms with Gasteiger partial charge in [-0.05, 0) is 55.2 Å². The summed E-state index contributed by atoms with van der Waals surface area (Å²) >= 11 is 1.33. The number of nitrogens with one attached hydrogen (secondary N) is 1. The number of carbonyl (C=O) groups excluding carboxylic acids is 5. The predicted molar refractivity (Wildman–Crippen MR) is 137 cm³/mol. The molecule has 2 aromatic rings. The molecule has 0 saturated carbocycles. The molecular weight excluding hydrogens is 496 g/mol. The van der Waals surface area contributed by atoms with E-state index >= 15 is 0 Å². The third-order valence-electron chi connectivity index (χ3n) is 6.60. The minimum atomic E-state index is -1.17. The van der Waals surface area contributed by atoms with Gasteiger partial charge in [-0.3, -0.25) is 19.3 Å². The van der Waals surface area contributed by atoms with Gasteiger partial charge < -0.3 is 14.8 Å². The summed E-state index contributed by atoms with van der Waals surface area (Å²) in [5, 5.41) is 3.05. The zero-order valence-corrected chi connectivity index (χ0v) is 22.1. The summed E-state index contributed by atoms with van der Waals surface area (Å²) in [5.41, 5.74) is 1.71. The Kier molecular flexibility index (Phi) is 7.77. The van der Waals surface area contributed by atoms with Crippen molar-refractivity contribution in [2.45, 2.75) is 52.5 Å². The van der Waals surface area contributed by atoms with Crippen LogP contribution in [-0.4, -0.2) is 54.3 Å². The van der Waals surface area contributed by atoms with Crippen LogP contribution < -0.4 is 5.32 Å². The van der Waals surface area contributed by atoms with Gasteiger partial charge in [0.15, 0.2) is 6.61 Å². The summed E-state index contributed by atoms with van der Waals surface area (Å²) in [6.45, 7) is 5.23. The van der Waals surface area contributed by atoms with Crippen LogP contribution in [0, 0.1) is 11.8 Å². The van der Waals surface area contributed by atoms with Crippen molar-refractivity contribution < 1.29 is 33.4 Å². The molecule has 196 valence electrons. The Hall–Kier alpha value is -3.53. The van der Waals surface area contributed by atoms with E-state index in [0.717, 1.165) is 34.6 Å². The van der Waals surface area contributed by atoms with Crippen LogP contribution in [0.2, 0.25) is 0 Å². The monoisotopic (exact) mass is 526 g/mol. The van der Waals surface area contributed by atoms with Gasteiger partial charge in [0.25, 0.3) is 17.7 Å². The summed E-state index contributed by atoms with van der Waals surface area (Å²) < 4.78 is 10.2. The van der Waals surface area contributed by atoms with E-state index in [1.165, 1.54) is 18.4 Å². The molecule has 1 aromatic heterocycles. The van der Waals surface area contributed by atoms with Gasteiger partial charge in [0.1, 0.15) is 11.0 Å². The third-order valence-corrected chi connectivity index (χ3v) is 7.77. The second-order valence-electron chi connectivity index (χ2n) is 9.87. The van der Waals surface area contributed by atoms with Gasteiger partial charge in [-0.1, -0.05) is 32.9 Å². The van der Waals surface area contributed by atoms with E-state index in [1.54, 1.807) is 24.3 Å². The minimum absolute atomic E-state index is 0.0295. The number of thiophene rings is 1. The van der Waals surface area contributed by atoms with Crippen molar-refractivity contribution in [1.29, 1.82) is 0 Å². The van der Waals surface area contributed by atoms with Crippen LogP contribution in [0.15, 0.2) is 24.3 Å². The topological polar surface area (TPSA) is 119 Å². The lowest BCUT2D eigenvalue weighted by Crippen LogP contribution is -2.46. The fraction of sp³-hybridized carbons (Fsp3) is 0.444. The molecule has 0 spiro atoms. The first-order chi connectivity index (χ1) is 17.6. The van der Waals surface area contributed by atoms with Crippen LogP contribution >= 0.6 is 11.3 Å². The van der Waals surface area contributed by atoms with E-state index in [0.29, 0.717) is 16.5 Å². The molecule has 2 heterocycles. The molecule has 1 N–H and O–H groups in total. The maximum Gasteiger partial charge on any atom is 0.341 e. The van der Waals surface area contributed by atoms with Gasteiger partial charge in [-0.25, -0.2) is 9.59 Å². The predicted octanol–water partition coefficient (Wildman–Crippen LogP) is 3.85. The zero-order chi connectivity index (χ0) is 26.9. The van der Waals surface area contributed by atoms with Gasteiger partial charge >= 0.3 is 11.9 Å². The maximum absolute atomic E-state index is 13.1. The minimum Gasteiger partial charge on any atom is -0.465 e. The first-order valence-corrected chi connectivity index (χ1v) is 13.1. The second-order valence-corrected chi connectivity index (χ2v) is 11.0. The van der Waals surface area contributed by atoms with Crippen molar-refractivity contribution in [3.8, 4) is 0 Å². The number of benzene rings is 1. The highest BCUT2D eigenvalue weighted by Crippen LogP contribution is 2.40. The molecule has 2 aliphatic rings. The molecule has 1 aliphatic carbocycles. The Labute approximate surface area is 219 Å². The Bertz CT molecular complexity index is 1230. The number of carbonyl (C=O) groups is 5. The number of hydrogen-bond acceptors (Lipinski definition) is 8. The molecule has 1 aromatic carbocycles. The molecule has 4 rings (SSSR count). The molecule has 0 unspecified atom stereocenters. The first-order valence-electron chi connectivity index (χ1n) is 12.3. The smallest absolute Gasteiger partial charge is 0.341 e. The molecule has 37 heavy (non-hydrogen) atoms. The van der Waals surface area contributed by atoms with Gasteiger partial charge in [0.2, 0.25) is 0 Å². The van der Waals surface area contributed by atoms with E-state index < -0.39 is 42.3 Å². The van der Waals surface area contributed by atoms with Crippen molar-refractivity contribution in [3.05, 3.63) is 51.4 Å². The van der Waals surface area contributed by atoms with E-state index in [1.807, 2.05) is 13.8 Å². The molecule has 9 nitrogen and oxygen atoms in total. The van der Waals surface area contributed by atoms with E-state index in [2.05, 4.69) is 12.2 Å². The highest BCUT2D eigenvalue weighted by molar-refractivity contribution is 7.17. The van der Waals surface area contributed by atoms with Crippen molar-refractivity contribution >= 4 is 46.0 Å². The second kappa shape index (κ2) is 10.8. The number of methoxy groups -OCH3 is 1. The van der Waals surface area contributed by atoms with Crippen LogP contribution in [0.5, 0.6) is 0 Å². The van der Waals surface area contributed by atoms with Crippen molar-refractivity contribution in [2.24, 2.45) is 11.8 Å². The van der Waals surface area contributed by atoms with Gasteiger partial charge in [0.05, 0.1) is 23.8 Å². The summed E-state index contributed by atoms with van der Waals surface area (Å²) in [5.74, 6) is -2.68. The highest BCUT2D eigenvalue weighted by atomic mass is 32.1. The van der Waals surface area contributed by atoms with Crippen molar-refractivity contribution in [3.63, 3.8) is 0 Å². The number of amides is 3. The molecule has 0 saturated heterocycles. The molecule has 0 radical (unpaired) electrons. The number of hydrogen-bond donors (Lipinski definition) is 1. The Morgan fingerprint density at radius 2 is 1.78 bits per heavy atom. The number of fused-ring (bicyclic) bond motifs is 2. The lowest BCUT2D eigenvalue weighted by atomic mass is 9.88. The Morgan fingerprint density at radius 1 is 1.14 bits per heavy atom. The maximum atomic E-state index is 13.1. The molecular formula is C27H30N2O7S. The summed E-state index contributed by atoms with van der Waals surface area (Å²) in [6.07, 6.45) is 2.66. The molecule has 1 aliphatic heterocycles. The number of imide groups is 1. The summed E-state index contributed by atoms with van der Waals surface area (Å²) in [7, 11) is 1.29. The van der Waals surface area contributed by atoms with Crippen molar-refractivity contribution in [1.82, 2.24) is 4.90 Å². The largest absolute Gasteiger partial charge is 0.465 e. The fourth-order valence-electron chi connectivity index (χ4n) is 4.80. The summed E-state index contributed by atoms with van der Waals surface area (Å²) in [4.78, 5) is 66.1. The van der Waals surface area contributed by atoms with Crippen LogP contribution in [0.25, 0.3) is 0 Å². The average molecular weight is 527 g/mol. The van der Waals surface area contributed by atoms with Crippen LogP contribution in [-0.2, 0) is 31.9 Å². The van der Waals surface area contributed by atoms with E-state index in [9.17, 15) is 24.0 Å². The van der Waals surface area contributed by atoms with Gasteiger partial charge in [-0.2, -0.15) is 0 Å². The van der Waals surface area contributed by atoms with Crippen molar-refractivity contribution in [2.75, 3.05) is 19.0 Å². The van der Waals surface area contributed by atoms with Crippen LogP contribution in [0.3, 0.4) is 0 Å². The first kappa shape index (κ1) is 26.5. The number of esters is 2. The third kappa shape index (κ3) is 5.29. The fourth-order valence-corrected chi connectivity index (χ4v) is 6.21. The molecule has 0 bridgehead atoms. The summed E-state index contributed by atoms with van der Waals surface area (Å²) in [6, 6.07) is 5.22. The number of nitrogens with zero attached hydrogens (tertiary/aromatic N) is 1. The number of ether oxygens (including phenoxy) is 2. The average Bonchev–Trinajstić information content (AvgIpc) is 3.34. The van der Waals surface area contributed by atoms with Crippen LogP contribution in [0.1, 0.15) is 75.1 Å². The van der Waals surface area contributed by atoms with E-state index in [4.69, 9.17) is 9.47 Å². The molecule has 10 heteroatoms. The molecule has 3 amide bonds. The van der Waals surface area contributed by atoms with E-state index in [-0.39, 0.29) is 23.5 Å². The highest BCUT2D eigenvalue weighted by Gasteiger charge is 2.43. The Balaban J connectivity index is 1.47. The lowest BCUT2D eigenvalue weighted by molar-refractivity contribution is -0.151. The number of rotatable bonds is 8. The molecule has 0 fully saturated rings. The normalized spacial score (nSPS) is 17.3. The number of anilines is 1. The quantitative estimate of drug-likeness (QED) is 0.410. The standard InChI is InChI=1S/C27H30N2O7S/c1-14(2)11-19(29-24(31)16-7-5-6-8-17(16)25(29)32)26(33)36-13-21(30)28-23-22(27(34)35-4)18-10-9-15(3)12-20(18)37-23/h5-8,14-15,19H,9-13H2,1-4H3,(H,28,30)/t15-,19-/m1/s1.